The van der Waals surface area contributed by atoms with Crippen LogP contribution >= 0.6 is 11.6 Å². The Hall–Kier alpha value is -4.39. The molecule has 0 N–H and O–H groups in total. The molecule has 0 fully saturated rings. The van der Waals surface area contributed by atoms with Gasteiger partial charge in [-0.15, -0.1) is 0 Å². The zero-order valence-electron chi connectivity index (χ0n) is 26.4. The van der Waals surface area contributed by atoms with Crippen molar-refractivity contribution >= 4 is 11.6 Å². The van der Waals surface area contributed by atoms with Crippen molar-refractivity contribution in [1.29, 1.82) is 0 Å². The van der Waals surface area contributed by atoms with E-state index in [1.54, 1.807) is 0 Å². The highest BCUT2D eigenvalue weighted by atomic mass is 35.5. The summed E-state index contributed by atoms with van der Waals surface area (Å²) in [5.41, 5.74) is 15.6. The normalized spacial score (nSPS) is 16.6. The Morgan fingerprint density at radius 1 is 0.422 bits per heavy atom. The van der Waals surface area contributed by atoms with Crippen molar-refractivity contribution in [2.24, 2.45) is 0 Å². The molecule has 0 radical (unpaired) electrons. The first kappa shape index (κ1) is 28.1. The molecule has 8 rings (SSSR count). The molecule has 2 aliphatic rings. The minimum atomic E-state index is -0.408. The van der Waals surface area contributed by atoms with Crippen LogP contribution in [0.4, 0.5) is 0 Å². The highest BCUT2D eigenvalue weighted by Crippen LogP contribution is 2.60. The quantitative estimate of drug-likeness (QED) is 0.188. The number of fused-ring (bicyclic) bond motifs is 4. The molecule has 0 aliphatic heterocycles. The largest absolute Gasteiger partial charge is 0.0843 e. The van der Waals surface area contributed by atoms with Crippen molar-refractivity contribution in [2.75, 3.05) is 0 Å². The topological polar surface area (TPSA) is 0 Å². The van der Waals surface area contributed by atoms with Gasteiger partial charge in [0.15, 0.2) is 0 Å². The Morgan fingerprint density at radius 2 is 0.933 bits per heavy atom. The molecule has 6 aromatic rings. The molecule has 0 atom stereocenters. The molecular weight excluding hydrogens is 564 g/mol. The van der Waals surface area contributed by atoms with E-state index >= 15 is 0 Å². The van der Waals surface area contributed by atoms with Crippen LogP contribution < -0.4 is 0 Å². The van der Waals surface area contributed by atoms with Crippen molar-refractivity contribution in [3.05, 3.63) is 178 Å². The second kappa shape index (κ2) is 10.1. The third kappa shape index (κ3) is 4.27. The van der Waals surface area contributed by atoms with Crippen LogP contribution in [0.3, 0.4) is 0 Å². The maximum atomic E-state index is 6.20. The molecule has 0 amide bonds. The Bertz CT molecular complexity index is 2030. The summed E-state index contributed by atoms with van der Waals surface area (Å²) in [5.74, 6) is 0. The van der Waals surface area contributed by atoms with Crippen LogP contribution in [-0.4, -0.2) is 0 Å². The van der Waals surface area contributed by atoms with Crippen LogP contribution in [0.15, 0.2) is 140 Å². The van der Waals surface area contributed by atoms with E-state index in [4.69, 9.17) is 11.6 Å². The fraction of sp³-hybridized carbons (Fsp3) is 0.182. The molecule has 0 aromatic heterocycles. The predicted octanol–water partition coefficient (Wildman–Crippen LogP) is 12.0. The van der Waals surface area contributed by atoms with Crippen LogP contribution in [0.2, 0.25) is 5.02 Å². The number of hydrogen-bond donors (Lipinski definition) is 0. The lowest BCUT2D eigenvalue weighted by Crippen LogP contribution is -2.29. The molecule has 45 heavy (non-hydrogen) atoms. The summed E-state index contributed by atoms with van der Waals surface area (Å²) in [6.07, 6.45) is 1.15. The molecule has 0 spiro atoms. The fourth-order valence-electron chi connectivity index (χ4n) is 8.65. The molecule has 220 valence electrons. The van der Waals surface area contributed by atoms with E-state index in [-0.39, 0.29) is 10.8 Å². The number of benzene rings is 6. The van der Waals surface area contributed by atoms with Gasteiger partial charge < -0.3 is 0 Å². The van der Waals surface area contributed by atoms with E-state index in [0.29, 0.717) is 0 Å². The second-order valence-corrected chi connectivity index (χ2v) is 14.7. The summed E-state index contributed by atoms with van der Waals surface area (Å²) in [5, 5.41) is 0.755. The first-order valence-corrected chi connectivity index (χ1v) is 16.4. The van der Waals surface area contributed by atoms with Crippen molar-refractivity contribution in [2.45, 2.75) is 50.4 Å². The van der Waals surface area contributed by atoms with Gasteiger partial charge in [-0.05, 0) is 114 Å². The van der Waals surface area contributed by atoms with Gasteiger partial charge in [-0.1, -0.05) is 148 Å². The van der Waals surface area contributed by atoms with E-state index in [0.717, 1.165) is 11.4 Å². The Kier molecular flexibility index (Phi) is 6.28. The van der Waals surface area contributed by atoms with E-state index < -0.39 is 5.41 Å². The van der Waals surface area contributed by atoms with Gasteiger partial charge in [0.05, 0.1) is 5.41 Å². The smallest absolute Gasteiger partial charge is 0.0713 e. The van der Waals surface area contributed by atoms with Crippen LogP contribution in [0, 0.1) is 0 Å². The van der Waals surface area contributed by atoms with Gasteiger partial charge in [0.2, 0.25) is 0 Å². The summed E-state index contributed by atoms with van der Waals surface area (Å²) < 4.78 is 0. The highest BCUT2D eigenvalue weighted by Gasteiger charge is 2.50. The summed E-state index contributed by atoms with van der Waals surface area (Å²) in [6.45, 7) is 9.69. The maximum absolute atomic E-state index is 6.20. The monoisotopic (exact) mass is 600 g/mol. The van der Waals surface area contributed by atoms with Crippen LogP contribution in [-0.2, 0) is 16.2 Å². The van der Waals surface area contributed by atoms with Crippen LogP contribution in [0.5, 0.6) is 0 Å². The van der Waals surface area contributed by atoms with Gasteiger partial charge in [0.25, 0.3) is 0 Å². The van der Waals surface area contributed by atoms with Gasteiger partial charge in [-0.2, -0.15) is 0 Å². The van der Waals surface area contributed by atoms with Gasteiger partial charge >= 0.3 is 0 Å². The molecule has 1 heteroatoms. The third-order valence-corrected chi connectivity index (χ3v) is 10.7. The molecule has 0 saturated heterocycles. The van der Waals surface area contributed by atoms with Crippen molar-refractivity contribution < 1.29 is 0 Å². The molecule has 0 saturated carbocycles. The minimum absolute atomic E-state index is 0.106. The van der Waals surface area contributed by atoms with E-state index in [2.05, 4.69) is 155 Å². The van der Waals surface area contributed by atoms with Gasteiger partial charge in [-0.25, -0.2) is 0 Å². The molecule has 0 heterocycles. The Morgan fingerprint density at radius 3 is 1.56 bits per heavy atom. The second-order valence-electron chi connectivity index (χ2n) is 14.2. The standard InChI is InChI=1S/C44H37Cl/c1-42(2)28-43(3,4)41-27-39-37(26-40(41)42)36-25-32(31-13-11-12-30(24-31)29-18-21-35(45)22-19-29)20-23-38(36)44(39,33-14-7-5-8-15-33)34-16-9-6-10-17-34/h5-27H,28H2,1-4H3. The van der Waals surface area contributed by atoms with Crippen molar-refractivity contribution in [1.82, 2.24) is 0 Å². The van der Waals surface area contributed by atoms with Crippen LogP contribution in [0.25, 0.3) is 33.4 Å². The molecular formula is C44H37Cl. The highest BCUT2D eigenvalue weighted by molar-refractivity contribution is 6.30. The lowest BCUT2D eigenvalue weighted by molar-refractivity contribution is 0.403. The fourth-order valence-corrected chi connectivity index (χ4v) is 8.78. The Labute approximate surface area is 272 Å². The number of rotatable bonds is 4. The number of hydrogen-bond acceptors (Lipinski definition) is 0. The zero-order chi connectivity index (χ0) is 31.0. The van der Waals surface area contributed by atoms with Crippen molar-refractivity contribution in [3.8, 4) is 33.4 Å². The van der Waals surface area contributed by atoms with Gasteiger partial charge in [0.1, 0.15) is 0 Å². The predicted molar refractivity (Wildman–Crippen MR) is 190 cm³/mol. The minimum Gasteiger partial charge on any atom is -0.0843 e. The van der Waals surface area contributed by atoms with E-state index in [1.165, 1.54) is 66.8 Å². The summed E-state index contributed by atoms with van der Waals surface area (Å²) in [7, 11) is 0. The lowest BCUT2D eigenvalue weighted by Gasteiger charge is -2.34. The maximum Gasteiger partial charge on any atom is 0.0713 e. The average molecular weight is 601 g/mol. The van der Waals surface area contributed by atoms with Crippen molar-refractivity contribution in [3.63, 3.8) is 0 Å². The molecule has 6 aromatic carbocycles. The summed E-state index contributed by atoms with van der Waals surface area (Å²) in [4.78, 5) is 0. The summed E-state index contributed by atoms with van der Waals surface area (Å²) >= 11 is 6.20. The third-order valence-electron chi connectivity index (χ3n) is 10.4. The molecule has 0 unspecified atom stereocenters. The molecule has 0 bridgehead atoms. The first-order valence-electron chi connectivity index (χ1n) is 16.0. The van der Waals surface area contributed by atoms with Gasteiger partial charge in [0, 0.05) is 5.02 Å². The zero-order valence-corrected chi connectivity index (χ0v) is 27.1. The molecule has 2 aliphatic carbocycles. The van der Waals surface area contributed by atoms with E-state index in [9.17, 15) is 0 Å². The summed E-state index contributed by atoms with van der Waals surface area (Å²) in [6, 6.07) is 51.6. The average Bonchev–Trinajstić information content (AvgIpc) is 3.44. The molecule has 0 nitrogen and oxygen atoms in total. The lowest BCUT2D eigenvalue weighted by atomic mass is 9.67. The van der Waals surface area contributed by atoms with Crippen LogP contribution in [0.1, 0.15) is 67.5 Å². The Balaban J connectivity index is 1.41. The van der Waals surface area contributed by atoms with Gasteiger partial charge in [-0.3, -0.25) is 0 Å². The first-order chi connectivity index (χ1) is 21.7. The number of halogens is 1. The van der Waals surface area contributed by atoms with E-state index in [1.807, 2.05) is 12.1 Å². The SMILES string of the molecule is CC1(C)CC(C)(C)c2cc3c(cc21)-c1cc(-c2cccc(-c4ccc(Cl)cc4)c2)ccc1C3(c1ccccc1)c1ccccc1.